The van der Waals surface area contributed by atoms with Crippen molar-refractivity contribution in [3.05, 3.63) is 47.5 Å². The summed E-state index contributed by atoms with van der Waals surface area (Å²) >= 11 is 0. The van der Waals surface area contributed by atoms with Gasteiger partial charge in [-0.05, 0) is 24.3 Å². The molecule has 0 radical (unpaired) electrons. The third kappa shape index (κ3) is 2.40. The van der Waals surface area contributed by atoms with Gasteiger partial charge in [0.1, 0.15) is 5.82 Å². The van der Waals surface area contributed by atoms with Crippen molar-refractivity contribution in [1.82, 2.24) is 19.3 Å². The Labute approximate surface area is 121 Å². The van der Waals surface area contributed by atoms with Crippen LogP contribution in [-0.4, -0.2) is 30.4 Å². The molecule has 0 fully saturated rings. The number of carbonyl (C=O) groups is 1. The Morgan fingerprint density at radius 1 is 1.33 bits per heavy atom. The van der Waals surface area contributed by atoms with Gasteiger partial charge in [-0.15, -0.1) is 0 Å². The zero-order chi connectivity index (χ0) is 15.0. The predicted molar refractivity (Wildman–Crippen MR) is 78.4 cm³/mol. The van der Waals surface area contributed by atoms with Gasteiger partial charge in [0.15, 0.2) is 0 Å². The molecule has 1 aromatic carbocycles. The number of carboxylic acids is 1. The Hall–Kier alpha value is -2.63. The van der Waals surface area contributed by atoms with E-state index >= 15 is 0 Å². The van der Waals surface area contributed by atoms with Gasteiger partial charge in [-0.2, -0.15) is 5.10 Å². The third-order valence-electron chi connectivity index (χ3n) is 3.48. The Kier molecular flexibility index (Phi) is 3.21. The van der Waals surface area contributed by atoms with Crippen molar-refractivity contribution in [1.29, 1.82) is 0 Å². The Bertz CT molecular complexity index is 816. The number of hydrogen-bond donors (Lipinski definition) is 1. The van der Waals surface area contributed by atoms with Crippen molar-refractivity contribution in [3.8, 4) is 0 Å². The molecule has 108 valence electrons. The molecule has 21 heavy (non-hydrogen) atoms. The first-order valence-corrected chi connectivity index (χ1v) is 6.79. The van der Waals surface area contributed by atoms with Crippen LogP contribution < -0.4 is 0 Å². The minimum atomic E-state index is -0.936. The van der Waals surface area contributed by atoms with Gasteiger partial charge in [0.2, 0.25) is 0 Å². The molecule has 0 aliphatic carbocycles. The van der Waals surface area contributed by atoms with E-state index in [1.54, 1.807) is 16.8 Å². The molecule has 3 aromatic rings. The van der Waals surface area contributed by atoms with E-state index in [0.717, 1.165) is 23.5 Å². The summed E-state index contributed by atoms with van der Waals surface area (Å²) in [5.41, 5.74) is 2.85. The molecule has 0 aliphatic heterocycles. The average molecular weight is 284 g/mol. The quantitative estimate of drug-likeness (QED) is 0.796. The minimum Gasteiger partial charge on any atom is -0.478 e. The largest absolute Gasteiger partial charge is 0.478 e. The highest BCUT2D eigenvalue weighted by molar-refractivity contribution is 5.92. The van der Waals surface area contributed by atoms with Crippen LogP contribution >= 0.6 is 0 Å². The van der Waals surface area contributed by atoms with Gasteiger partial charge >= 0.3 is 5.97 Å². The van der Waals surface area contributed by atoms with Gasteiger partial charge in [0, 0.05) is 19.7 Å². The molecule has 0 aliphatic rings. The van der Waals surface area contributed by atoms with Gasteiger partial charge in [0.25, 0.3) is 0 Å². The molecular formula is C15H16N4O2. The molecular weight excluding hydrogens is 268 g/mol. The van der Waals surface area contributed by atoms with Gasteiger partial charge in [0.05, 0.1) is 28.8 Å². The highest BCUT2D eigenvalue weighted by Crippen LogP contribution is 2.20. The van der Waals surface area contributed by atoms with Crippen LogP contribution in [0.3, 0.4) is 0 Å². The van der Waals surface area contributed by atoms with Crippen molar-refractivity contribution in [2.45, 2.75) is 19.9 Å². The molecule has 2 heterocycles. The number of carboxylic acid groups (broad SMARTS) is 1. The summed E-state index contributed by atoms with van der Waals surface area (Å²) in [6.07, 6.45) is 2.69. The number of rotatable bonds is 4. The molecule has 0 bridgehead atoms. The van der Waals surface area contributed by atoms with Crippen LogP contribution in [0.1, 0.15) is 28.8 Å². The fraction of sp³-hybridized carbons (Fsp3) is 0.267. The highest BCUT2D eigenvalue weighted by atomic mass is 16.4. The summed E-state index contributed by atoms with van der Waals surface area (Å²) in [5, 5.41) is 13.5. The van der Waals surface area contributed by atoms with Crippen molar-refractivity contribution < 1.29 is 9.90 Å². The van der Waals surface area contributed by atoms with E-state index in [-0.39, 0.29) is 5.56 Å². The SMILES string of the molecule is CCc1nc2cc(C(=O)O)ccc2n1Cc1ccn(C)n1. The molecule has 0 unspecified atom stereocenters. The fourth-order valence-electron chi connectivity index (χ4n) is 2.47. The van der Waals surface area contributed by atoms with Crippen molar-refractivity contribution in [2.24, 2.45) is 7.05 Å². The minimum absolute atomic E-state index is 0.257. The first kappa shape index (κ1) is 13.4. The van der Waals surface area contributed by atoms with Gasteiger partial charge in [-0.3, -0.25) is 4.68 Å². The molecule has 3 rings (SSSR count). The molecule has 0 saturated carbocycles. The Morgan fingerprint density at radius 3 is 2.76 bits per heavy atom. The fourth-order valence-corrected chi connectivity index (χ4v) is 2.47. The molecule has 6 heteroatoms. The highest BCUT2D eigenvalue weighted by Gasteiger charge is 2.13. The molecule has 0 saturated heterocycles. The average Bonchev–Trinajstić information content (AvgIpc) is 3.02. The monoisotopic (exact) mass is 284 g/mol. The third-order valence-corrected chi connectivity index (χ3v) is 3.48. The molecule has 0 spiro atoms. The topological polar surface area (TPSA) is 72.9 Å². The second kappa shape index (κ2) is 5.05. The van der Waals surface area contributed by atoms with E-state index in [9.17, 15) is 4.79 Å². The van der Waals surface area contributed by atoms with E-state index in [2.05, 4.69) is 14.6 Å². The van der Waals surface area contributed by atoms with Crippen molar-refractivity contribution >= 4 is 17.0 Å². The molecule has 0 atom stereocenters. The van der Waals surface area contributed by atoms with Crippen molar-refractivity contribution in [2.75, 3.05) is 0 Å². The maximum absolute atomic E-state index is 11.1. The number of aryl methyl sites for hydroxylation is 2. The molecule has 2 aromatic heterocycles. The number of hydrogen-bond acceptors (Lipinski definition) is 3. The molecule has 6 nitrogen and oxygen atoms in total. The number of imidazole rings is 1. The van der Waals surface area contributed by atoms with E-state index in [0.29, 0.717) is 12.1 Å². The molecule has 0 amide bonds. The first-order chi connectivity index (χ1) is 10.1. The summed E-state index contributed by atoms with van der Waals surface area (Å²) in [6, 6.07) is 7.01. The van der Waals surface area contributed by atoms with Gasteiger partial charge < -0.3 is 9.67 Å². The van der Waals surface area contributed by atoms with E-state index in [4.69, 9.17) is 5.11 Å². The summed E-state index contributed by atoms with van der Waals surface area (Å²) in [7, 11) is 1.88. The number of aromatic carboxylic acids is 1. The summed E-state index contributed by atoms with van der Waals surface area (Å²) in [4.78, 5) is 15.6. The summed E-state index contributed by atoms with van der Waals surface area (Å²) < 4.78 is 3.85. The van der Waals surface area contributed by atoms with Crippen LogP contribution in [0.25, 0.3) is 11.0 Å². The Morgan fingerprint density at radius 2 is 2.14 bits per heavy atom. The zero-order valence-electron chi connectivity index (χ0n) is 11.9. The van der Waals surface area contributed by atoms with Gasteiger partial charge in [-0.1, -0.05) is 6.92 Å². The number of fused-ring (bicyclic) bond motifs is 1. The van der Waals surface area contributed by atoms with Crippen LogP contribution in [0.5, 0.6) is 0 Å². The summed E-state index contributed by atoms with van der Waals surface area (Å²) in [6.45, 7) is 2.67. The van der Waals surface area contributed by atoms with E-state index in [1.165, 1.54) is 0 Å². The van der Waals surface area contributed by atoms with Crippen LogP contribution in [0.15, 0.2) is 30.5 Å². The normalized spacial score (nSPS) is 11.1. The molecule has 1 N–H and O–H groups in total. The van der Waals surface area contributed by atoms with E-state index in [1.807, 2.05) is 32.3 Å². The summed E-state index contributed by atoms with van der Waals surface area (Å²) in [5.74, 6) is -0.00702. The van der Waals surface area contributed by atoms with Crippen LogP contribution in [-0.2, 0) is 20.0 Å². The maximum atomic E-state index is 11.1. The second-order valence-electron chi connectivity index (χ2n) is 4.96. The number of aromatic nitrogens is 4. The van der Waals surface area contributed by atoms with Crippen LogP contribution in [0.2, 0.25) is 0 Å². The number of benzene rings is 1. The predicted octanol–water partition coefficient (Wildman–Crippen LogP) is 2.08. The van der Waals surface area contributed by atoms with Crippen LogP contribution in [0, 0.1) is 0 Å². The van der Waals surface area contributed by atoms with Crippen molar-refractivity contribution in [3.63, 3.8) is 0 Å². The smallest absolute Gasteiger partial charge is 0.335 e. The lowest BCUT2D eigenvalue weighted by Gasteiger charge is -2.06. The second-order valence-corrected chi connectivity index (χ2v) is 4.96. The lowest BCUT2D eigenvalue weighted by atomic mass is 10.2. The zero-order valence-corrected chi connectivity index (χ0v) is 11.9. The number of nitrogens with zero attached hydrogens (tertiary/aromatic N) is 4. The first-order valence-electron chi connectivity index (χ1n) is 6.79. The van der Waals surface area contributed by atoms with Crippen LogP contribution in [0.4, 0.5) is 0 Å². The Balaban J connectivity index is 2.09. The lowest BCUT2D eigenvalue weighted by Crippen LogP contribution is -2.05. The van der Waals surface area contributed by atoms with Gasteiger partial charge in [-0.25, -0.2) is 9.78 Å². The van der Waals surface area contributed by atoms with E-state index < -0.39 is 5.97 Å². The maximum Gasteiger partial charge on any atom is 0.335 e. The lowest BCUT2D eigenvalue weighted by molar-refractivity contribution is 0.0697. The standard InChI is InChI=1S/C15H16N4O2/c1-3-14-16-12-8-10(15(20)21)4-5-13(12)19(14)9-11-6-7-18(2)17-11/h4-8H,3,9H2,1-2H3,(H,20,21).